The average Bonchev–Trinajstić information content (AvgIpc) is 3.24. The molecular weight excluding hydrogens is 280 g/mol. The van der Waals surface area contributed by atoms with Crippen molar-refractivity contribution in [2.75, 3.05) is 17.2 Å². The fraction of sp³-hybridized carbons (Fsp3) is 0.500. The molecule has 2 heterocycles. The molecule has 1 fully saturated rings. The number of nitrogens with one attached hydrogen (secondary N) is 2. The van der Waals surface area contributed by atoms with Crippen molar-refractivity contribution in [1.29, 1.82) is 0 Å². The topological polar surface area (TPSA) is 49.8 Å². The van der Waals surface area contributed by atoms with Crippen LogP contribution in [0.5, 0.6) is 0 Å². The van der Waals surface area contributed by atoms with E-state index in [0.29, 0.717) is 5.92 Å². The predicted octanol–water partition coefficient (Wildman–Crippen LogP) is 4.02. The molecular formula is C16H22N4S. The zero-order valence-corrected chi connectivity index (χ0v) is 13.5. The standard InChI is InChI=1S/C16H22N4S/c1-3-11-7-8-21-13(11)10-18-15-9-14(17-4-2)19-16(20-15)12-5-6-12/h7-9,12H,3-6,10H2,1-2H3,(H2,17,18,19,20). The maximum atomic E-state index is 4.68. The number of anilines is 2. The summed E-state index contributed by atoms with van der Waals surface area (Å²) in [5, 5.41) is 8.92. The van der Waals surface area contributed by atoms with Gasteiger partial charge in [-0.15, -0.1) is 11.3 Å². The van der Waals surface area contributed by atoms with Crippen molar-refractivity contribution < 1.29 is 0 Å². The van der Waals surface area contributed by atoms with Crippen molar-refractivity contribution in [3.63, 3.8) is 0 Å². The Balaban J connectivity index is 1.74. The highest BCUT2D eigenvalue weighted by Crippen LogP contribution is 2.38. The lowest BCUT2D eigenvalue weighted by Crippen LogP contribution is -2.08. The van der Waals surface area contributed by atoms with Gasteiger partial charge in [0, 0.05) is 23.4 Å². The lowest BCUT2D eigenvalue weighted by Gasteiger charge is -2.10. The van der Waals surface area contributed by atoms with Crippen molar-refractivity contribution in [2.24, 2.45) is 0 Å². The average molecular weight is 302 g/mol. The molecule has 0 amide bonds. The summed E-state index contributed by atoms with van der Waals surface area (Å²) >= 11 is 1.81. The fourth-order valence-electron chi connectivity index (χ4n) is 2.36. The molecule has 0 aromatic carbocycles. The van der Waals surface area contributed by atoms with Gasteiger partial charge in [-0.2, -0.15) is 0 Å². The van der Waals surface area contributed by atoms with Crippen molar-refractivity contribution >= 4 is 23.0 Å². The second-order valence-corrected chi connectivity index (χ2v) is 6.38. The Kier molecular flexibility index (Phi) is 4.39. The van der Waals surface area contributed by atoms with Crippen LogP contribution in [0.25, 0.3) is 0 Å². The van der Waals surface area contributed by atoms with Crippen LogP contribution in [0.1, 0.15) is 48.9 Å². The summed E-state index contributed by atoms with van der Waals surface area (Å²) in [6, 6.07) is 4.22. The Morgan fingerprint density at radius 1 is 1.19 bits per heavy atom. The summed E-state index contributed by atoms with van der Waals surface area (Å²) in [6.07, 6.45) is 3.53. The Morgan fingerprint density at radius 2 is 1.95 bits per heavy atom. The lowest BCUT2D eigenvalue weighted by molar-refractivity contribution is 0.918. The summed E-state index contributed by atoms with van der Waals surface area (Å²) in [4.78, 5) is 10.7. The molecule has 0 unspecified atom stereocenters. The van der Waals surface area contributed by atoms with Crippen LogP contribution in [0, 0.1) is 0 Å². The van der Waals surface area contributed by atoms with Crippen LogP contribution >= 0.6 is 11.3 Å². The molecule has 0 spiro atoms. The highest BCUT2D eigenvalue weighted by atomic mass is 32.1. The van der Waals surface area contributed by atoms with Gasteiger partial charge >= 0.3 is 0 Å². The molecule has 5 heteroatoms. The number of aryl methyl sites for hydroxylation is 1. The first-order chi connectivity index (χ1) is 10.3. The predicted molar refractivity (Wildman–Crippen MR) is 89.2 cm³/mol. The number of nitrogens with zero attached hydrogens (tertiary/aromatic N) is 2. The Hall–Kier alpha value is -1.62. The lowest BCUT2D eigenvalue weighted by atomic mass is 10.2. The van der Waals surface area contributed by atoms with E-state index in [2.05, 4.69) is 45.9 Å². The monoisotopic (exact) mass is 302 g/mol. The first-order valence-corrected chi connectivity index (χ1v) is 8.60. The molecule has 0 aliphatic heterocycles. The molecule has 2 N–H and O–H groups in total. The molecule has 21 heavy (non-hydrogen) atoms. The third-order valence-corrected chi connectivity index (χ3v) is 4.66. The van der Waals surface area contributed by atoms with Crippen LogP contribution in [-0.4, -0.2) is 16.5 Å². The smallest absolute Gasteiger partial charge is 0.136 e. The minimum Gasteiger partial charge on any atom is -0.370 e. The molecule has 3 rings (SSSR count). The van der Waals surface area contributed by atoms with Crippen molar-refractivity contribution in [3.05, 3.63) is 33.8 Å². The molecule has 2 aromatic rings. The first-order valence-electron chi connectivity index (χ1n) is 7.72. The second-order valence-electron chi connectivity index (χ2n) is 5.38. The minimum atomic E-state index is 0.567. The van der Waals surface area contributed by atoms with Crippen LogP contribution in [0.3, 0.4) is 0 Å². The normalized spacial score (nSPS) is 14.2. The van der Waals surface area contributed by atoms with Gasteiger partial charge in [-0.05, 0) is 43.2 Å². The first kappa shape index (κ1) is 14.3. The van der Waals surface area contributed by atoms with E-state index in [9.17, 15) is 0 Å². The van der Waals surface area contributed by atoms with Gasteiger partial charge < -0.3 is 10.6 Å². The van der Waals surface area contributed by atoms with Gasteiger partial charge in [-0.25, -0.2) is 9.97 Å². The number of aromatic nitrogens is 2. The fourth-order valence-corrected chi connectivity index (χ4v) is 3.28. The van der Waals surface area contributed by atoms with Gasteiger partial charge in [0.25, 0.3) is 0 Å². The maximum absolute atomic E-state index is 4.68. The molecule has 112 valence electrons. The van der Waals surface area contributed by atoms with E-state index in [1.54, 1.807) is 0 Å². The van der Waals surface area contributed by atoms with Gasteiger partial charge in [-0.3, -0.25) is 0 Å². The highest BCUT2D eigenvalue weighted by Gasteiger charge is 2.27. The Labute approximate surface area is 130 Å². The summed E-state index contributed by atoms with van der Waals surface area (Å²) in [7, 11) is 0. The molecule has 1 saturated carbocycles. The quantitative estimate of drug-likeness (QED) is 0.811. The largest absolute Gasteiger partial charge is 0.370 e. The van der Waals surface area contributed by atoms with E-state index in [1.807, 2.05) is 17.4 Å². The van der Waals surface area contributed by atoms with E-state index in [4.69, 9.17) is 0 Å². The zero-order valence-electron chi connectivity index (χ0n) is 12.6. The maximum Gasteiger partial charge on any atom is 0.136 e. The highest BCUT2D eigenvalue weighted by molar-refractivity contribution is 7.10. The van der Waals surface area contributed by atoms with Crippen molar-refractivity contribution in [1.82, 2.24) is 9.97 Å². The third kappa shape index (κ3) is 3.53. The molecule has 0 bridgehead atoms. The zero-order chi connectivity index (χ0) is 14.7. The number of hydrogen-bond donors (Lipinski definition) is 2. The van der Waals surface area contributed by atoms with Gasteiger partial charge in [0.05, 0.1) is 6.54 Å². The van der Waals surface area contributed by atoms with Crippen LogP contribution in [0.15, 0.2) is 17.5 Å². The van der Waals surface area contributed by atoms with Crippen molar-refractivity contribution in [3.8, 4) is 0 Å². The molecule has 1 aliphatic carbocycles. The van der Waals surface area contributed by atoms with Gasteiger partial charge in [0.15, 0.2) is 0 Å². The molecule has 4 nitrogen and oxygen atoms in total. The van der Waals surface area contributed by atoms with Crippen LogP contribution < -0.4 is 10.6 Å². The molecule has 0 saturated heterocycles. The van der Waals surface area contributed by atoms with E-state index in [-0.39, 0.29) is 0 Å². The number of rotatable bonds is 7. The van der Waals surface area contributed by atoms with Crippen molar-refractivity contribution in [2.45, 2.75) is 45.6 Å². The molecule has 1 aliphatic rings. The van der Waals surface area contributed by atoms with E-state index in [0.717, 1.165) is 37.0 Å². The Morgan fingerprint density at radius 3 is 2.62 bits per heavy atom. The minimum absolute atomic E-state index is 0.567. The molecule has 0 radical (unpaired) electrons. The SMILES string of the molecule is CCNc1cc(NCc2sccc2CC)nc(C2CC2)n1. The number of hydrogen-bond acceptors (Lipinski definition) is 5. The van der Waals surface area contributed by atoms with Gasteiger partial charge in [0.1, 0.15) is 17.5 Å². The van der Waals surface area contributed by atoms with Gasteiger partial charge in [0.2, 0.25) is 0 Å². The van der Waals surface area contributed by atoms with E-state index < -0.39 is 0 Å². The summed E-state index contributed by atoms with van der Waals surface area (Å²) < 4.78 is 0. The van der Waals surface area contributed by atoms with Crippen LogP contribution in [0.4, 0.5) is 11.6 Å². The van der Waals surface area contributed by atoms with E-state index >= 15 is 0 Å². The molecule has 2 aromatic heterocycles. The summed E-state index contributed by atoms with van der Waals surface area (Å²) in [6.45, 7) is 6.01. The second kappa shape index (κ2) is 6.43. The third-order valence-electron chi connectivity index (χ3n) is 3.69. The van der Waals surface area contributed by atoms with E-state index in [1.165, 1.54) is 23.3 Å². The summed E-state index contributed by atoms with van der Waals surface area (Å²) in [5.74, 6) is 3.41. The summed E-state index contributed by atoms with van der Waals surface area (Å²) in [5.41, 5.74) is 1.43. The van der Waals surface area contributed by atoms with Gasteiger partial charge in [-0.1, -0.05) is 6.92 Å². The Bertz CT molecular complexity index is 604. The molecule has 0 atom stereocenters. The number of thiophene rings is 1. The van der Waals surface area contributed by atoms with Crippen LogP contribution in [0.2, 0.25) is 0 Å². The van der Waals surface area contributed by atoms with Crippen LogP contribution in [-0.2, 0) is 13.0 Å².